The van der Waals surface area contributed by atoms with Crippen LogP contribution in [0, 0.1) is 12.8 Å². The molecule has 0 unspecified atom stereocenters. The molecule has 0 bridgehead atoms. The van der Waals surface area contributed by atoms with E-state index in [1.165, 1.54) is 0 Å². The lowest BCUT2D eigenvalue weighted by Gasteiger charge is -2.10. The molecule has 1 heterocycles. The predicted molar refractivity (Wildman–Crippen MR) is 97.1 cm³/mol. The SMILES string of the molecule is Cc1nc2cc(CNC(=O)[C@H]3CC[C@@H](N)C3)ccc2n1C.Cl.Cl. The van der Waals surface area contributed by atoms with Crippen molar-refractivity contribution in [1.29, 1.82) is 0 Å². The molecule has 1 aromatic carbocycles. The molecule has 23 heavy (non-hydrogen) atoms. The number of fused-ring (bicyclic) bond motifs is 1. The Labute approximate surface area is 148 Å². The Morgan fingerprint density at radius 1 is 1.39 bits per heavy atom. The molecule has 3 rings (SSSR count). The number of hydrogen-bond donors (Lipinski definition) is 2. The molecule has 0 aliphatic heterocycles. The zero-order valence-electron chi connectivity index (χ0n) is 13.4. The summed E-state index contributed by atoms with van der Waals surface area (Å²) in [6.07, 6.45) is 2.67. The fourth-order valence-electron chi connectivity index (χ4n) is 3.06. The van der Waals surface area contributed by atoms with Gasteiger partial charge in [0.05, 0.1) is 11.0 Å². The summed E-state index contributed by atoms with van der Waals surface area (Å²) in [4.78, 5) is 16.6. The predicted octanol–water partition coefficient (Wildman–Crippen LogP) is 2.47. The minimum atomic E-state index is 0. The van der Waals surface area contributed by atoms with Gasteiger partial charge < -0.3 is 15.6 Å². The molecule has 0 spiro atoms. The highest BCUT2D eigenvalue weighted by Gasteiger charge is 2.27. The molecule has 7 heteroatoms. The largest absolute Gasteiger partial charge is 0.352 e. The Bertz CT molecular complexity index is 686. The van der Waals surface area contributed by atoms with Gasteiger partial charge in [0, 0.05) is 25.6 Å². The third-order valence-corrected chi connectivity index (χ3v) is 4.48. The van der Waals surface area contributed by atoms with Crippen molar-refractivity contribution in [3.8, 4) is 0 Å². The first-order valence-corrected chi connectivity index (χ1v) is 7.50. The lowest BCUT2D eigenvalue weighted by atomic mass is 10.1. The third-order valence-electron chi connectivity index (χ3n) is 4.48. The molecule has 2 atom stereocenters. The fraction of sp³-hybridized carbons (Fsp3) is 0.500. The minimum Gasteiger partial charge on any atom is -0.352 e. The molecule has 0 radical (unpaired) electrons. The Hall–Kier alpha value is -1.30. The van der Waals surface area contributed by atoms with E-state index in [0.29, 0.717) is 6.54 Å². The summed E-state index contributed by atoms with van der Waals surface area (Å²) in [5, 5.41) is 3.02. The molecular weight excluding hydrogens is 335 g/mol. The van der Waals surface area contributed by atoms with Crippen LogP contribution >= 0.6 is 24.8 Å². The molecule has 1 aromatic heterocycles. The molecule has 3 N–H and O–H groups in total. The van der Waals surface area contributed by atoms with E-state index < -0.39 is 0 Å². The number of aryl methyl sites for hydroxylation is 2. The summed E-state index contributed by atoms with van der Waals surface area (Å²) in [5.41, 5.74) is 9.03. The van der Waals surface area contributed by atoms with Gasteiger partial charge in [-0.25, -0.2) is 4.98 Å². The smallest absolute Gasteiger partial charge is 0.223 e. The summed E-state index contributed by atoms with van der Waals surface area (Å²) < 4.78 is 2.07. The lowest BCUT2D eigenvalue weighted by Crippen LogP contribution is -2.29. The molecule has 2 aromatic rings. The zero-order valence-corrected chi connectivity index (χ0v) is 15.0. The Morgan fingerprint density at radius 3 is 2.78 bits per heavy atom. The number of halogens is 2. The molecule has 1 aliphatic rings. The Kier molecular flexibility index (Phi) is 6.86. The van der Waals surface area contributed by atoms with Crippen LogP contribution in [0.1, 0.15) is 30.7 Å². The number of nitrogens with two attached hydrogens (primary N) is 1. The molecular formula is C16H24Cl2N4O. The van der Waals surface area contributed by atoms with Crippen molar-refractivity contribution in [2.45, 2.75) is 38.8 Å². The molecule has 5 nitrogen and oxygen atoms in total. The van der Waals surface area contributed by atoms with Crippen LogP contribution in [0.4, 0.5) is 0 Å². The number of imidazole rings is 1. The summed E-state index contributed by atoms with van der Waals surface area (Å²) in [6.45, 7) is 2.54. The molecule has 1 amide bonds. The standard InChI is InChI=1S/C16H22N4O.2ClH/c1-10-19-14-7-11(3-6-15(14)20(10)2)9-18-16(21)12-4-5-13(17)8-12;;/h3,6-7,12-13H,4-5,8-9,17H2,1-2H3,(H,18,21);2*1H/t12-,13+;;/m0../s1. The summed E-state index contributed by atoms with van der Waals surface area (Å²) >= 11 is 0. The van der Waals surface area contributed by atoms with Gasteiger partial charge >= 0.3 is 0 Å². The van der Waals surface area contributed by atoms with Crippen molar-refractivity contribution < 1.29 is 4.79 Å². The Morgan fingerprint density at radius 2 is 2.13 bits per heavy atom. The molecule has 1 fully saturated rings. The van der Waals surface area contributed by atoms with Crippen molar-refractivity contribution in [2.75, 3.05) is 0 Å². The van der Waals surface area contributed by atoms with Gasteiger partial charge in [-0.3, -0.25) is 4.79 Å². The average Bonchev–Trinajstić information content (AvgIpc) is 3.01. The van der Waals surface area contributed by atoms with Gasteiger partial charge in [0.2, 0.25) is 5.91 Å². The van der Waals surface area contributed by atoms with Crippen molar-refractivity contribution in [3.05, 3.63) is 29.6 Å². The van der Waals surface area contributed by atoms with Gasteiger partial charge in [0.1, 0.15) is 5.82 Å². The number of rotatable bonds is 3. The topological polar surface area (TPSA) is 72.9 Å². The first-order chi connectivity index (χ1) is 10.0. The number of nitrogens with zero attached hydrogens (tertiary/aromatic N) is 2. The Balaban J connectivity index is 0.00000132. The maximum absolute atomic E-state index is 12.1. The normalized spacial score (nSPS) is 20.0. The van der Waals surface area contributed by atoms with E-state index in [1.807, 2.05) is 26.1 Å². The van der Waals surface area contributed by atoms with E-state index in [4.69, 9.17) is 5.73 Å². The van der Waals surface area contributed by atoms with E-state index in [9.17, 15) is 4.79 Å². The van der Waals surface area contributed by atoms with E-state index in [1.54, 1.807) is 0 Å². The summed E-state index contributed by atoms with van der Waals surface area (Å²) in [7, 11) is 2.01. The van der Waals surface area contributed by atoms with Crippen molar-refractivity contribution in [3.63, 3.8) is 0 Å². The van der Waals surface area contributed by atoms with Crippen LogP contribution in [0.25, 0.3) is 11.0 Å². The van der Waals surface area contributed by atoms with E-state index in [0.717, 1.165) is 41.7 Å². The first kappa shape index (κ1) is 19.7. The number of amides is 1. The zero-order chi connectivity index (χ0) is 15.0. The molecule has 128 valence electrons. The van der Waals surface area contributed by atoms with Crippen LogP contribution in [0.3, 0.4) is 0 Å². The minimum absolute atomic E-state index is 0. The molecule has 1 aliphatic carbocycles. The third kappa shape index (κ3) is 4.16. The highest BCUT2D eigenvalue weighted by Crippen LogP contribution is 2.24. The lowest BCUT2D eigenvalue weighted by molar-refractivity contribution is -0.125. The number of carbonyl (C=O) groups is 1. The molecule has 1 saturated carbocycles. The van der Waals surface area contributed by atoms with E-state index in [-0.39, 0.29) is 42.7 Å². The number of carbonyl (C=O) groups excluding carboxylic acids is 1. The van der Waals surface area contributed by atoms with Crippen LogP contribution in [-0.2, 0) is 18.4 Å². The van der Waals surface area contributed by atoms with E-state index in [2.05, 4.69) is 20.9 Å². The van der Waals surface area contributed by atoms with Gasteiger partial charge in [-0.05, 0) is 43.9 Å². The van der Waals surface area contributed by atoms with Gasteiger partial charge in [-0.2, -0.15) is 0 Å². The van der Waals surface area contributed by atoms with Crippen LogP contribution in [-0.4, -0.2) is 21.5 Å². The van der Waals surface area contributed by atoms with Crippen LogP contribution in [0.15, 0.2) is 18.2 Å². The molecule has 0 saturated heterocycles. The van der Waals surface area contributed by atoms with Crippen LogP contribution in [0.5, 0.6) is 0 Å². The highest BCUT2D eigenvalue weighted by molar-refractivity contribution is 5.85. The second kappa shape index (κ2) is 7.99. The highest BCUT2D eigenvalue weighted by atomic mass is 35.5. The van der Waals surface area contributed by atoms with Gasteiger partial charge in [-0.1, -0.05) is 6.07 Å². The second-order valence-electron chi connectivity index (χ2n) is 6.03. The van der Waals surface area contributed by atoms with Crippen LogP contribution in [0.2, 0.25) is 0 Å². The maximum atomic E-state index is 12.1. The van der Waals surface area contributed by atoms with Crippen molar-refractivity contribution >= 4 is 41.8 Å². The van der Waals surface area contributed by atoms with Crippen molar-refractivity contribution in [1.82, 2.24) is 14.9 Å². The average molecular weight is 359 g/mol. The van der Waals surface area contributed by atoms with Gasteiger partial charge in [0.15, 0.2) is 0 Å². The number of hydrogen-bond acceptors (Lipinski definition) is 3. The van der Waals surface area contributed by atoms with E-state index >= 15 is 0 Å². The quantitative estimate of drug-likeness (QED) is 0.884. The summed E-state index contributed by atoms with van der Waals surface area (Å²) in [6, 6.07) is 6.34. The fourth-order valence-corrected chi connectivity index (χ4v) is 3.06. The van der Waals surface area contributed by atoms with Gasteiger partial charge in [0.25, 0.3) is 0 Å². The number of benzene rings is 1. The summed E-state index contributed by atoms with van der Waals surface area (Å²) in [5.74, 6) is 1.20. The number of aromatic nitrogens is 2. The van der Waals surface area contributed by atoms with Crippen LogP contribution < -0.4 is 11.1 Å². The monoisotopic (exact) mass is 358 g/mol. The number of nitrogens with one attached hydrogen (secondary N) is 1. The van der Waals surface area contributed by atoms with Gasteiger partial charge in [-0.15, -0.1) is 24.8 Å². The van der Waals surface area contributed by atoms with Crippen molar-refractivity contribution in [2.24, 2.45) is 18.7 Å². The maximum Gasteiger partial charge on any atom is 0.223 e. The first-order valence-electron chi connectivity index (χ1n) is 7.50. The second-order valence-corrected chi connectivity index (χ2v) is 6.03.